The van der Waals surface area contributed by atoms with E-state index in [4.69, 9.17) is 4.52 Å². The van der Waals surface area contributed by atoms with Gasteiger partial charge in [-0.15, -0.1) is 0 Å². The van der Waals surface area contributed by atoms with Crippen molar-refractivity contribution in [1.29, 1.82) is 0 Å². The first-order chi connectivity index (χ1) is 9.10. The second-order valence-corrected chi connectivity index (χ2v) is 5.19. The standard InChI is InChI=1S/C13H22N4O2/c1-4-17(10-6-14-7-10)8-12(18)15-13-5-11(9(2)3)16-19-13/h5,9-10,14H,4,6-8H2,1-3H3,(H,15,18). The van der Waals surface area contributed by atoms with Gasteiger partial charge in [-0.05, 0) is 12.5 Å². The van der Waals surface area contributed by atoms with Gasteiger partial charge in [0, 0.05) is 25.2 Å². The Morgan fingerprint density at radius 2 is 2.37 bits per heavy atom. The van der Waals surface area contributed by atoms with Crippen LogP contribution in [0.5, 0.6) is 0 Å². The summed E-state index contributed by atoms with van der Waals surface area (Å²) >= 11 is 0. The smallest absolute Gasteiger partial charge is 0.240 e. The number of hydrogen-bond acceptors (Lipinski definition) is 5. The predicted molar refractivity (Wildman–Crippen MR) is 73.1 cm³/mol. The fourth-order valence-corrected chi connectivity index (χ4v) is 2.01. The molecule has 6 heteroatoms. The van der Waals surface area contributed by atoms with Gasteiger partial charge in [-0.25, -0.2) is 0 Å². The number of likely N-dealkylation sites (N-methyl/N-ethyl adjacent to an activating group) is 1. The molecular weight excluding hydrogens is 244 g/mol. The Morgan fingerprint density at radius 1 is 1.63 bits per heavy atom. The van der Waals surface area contributed by atoms with Gasteiger partial charge in [-0.1, -0.05) is 25.9 Å². The quantitative estimate of drug-likeness (QED) is 0.805. The lowest BCUT2D eigenvalue weighted by molar-refractivity contribution is -0.118. The van der Waals surface area contributed by atoms with Gasteiger partial charge in [0.1, 0.15) is 0 Å². The highest BCUT2D eigenvalue weighted by Gasteiger charge is 2.25. The van der Waals surface area contributed by atoms with Crippen molar-refractivity contribution in [2.24, 2.45) is 0 Å². The zero-order chi connectivity index (χ0) is 13.8. The molecule has 0 aliphatic carbocycles. The molecule has 0 radical (unpaired) electrons. The van der Waals surface area contributed by atoms with Crippen LogP contribution in [0.2, 0.25) is 0 Å². The van der Waals surface area contributed by atoms with Crippen LogP contribution in [0.4, 0.5) is 5.88 Å². The van der Waals surface area contributed by atoms with E-state index in [-0.39, 0.29) is 5.91 Å². The largest absolute Gasteiger partial charge is 0.338 e. The lowest BCUT2D eigenvalue weighted by Crippen LogP contribution is -2.58. The highest BCUT2D eigenvalue weighted by Crippen LogP contribution is 2.17. The van der Waals surface area contributed by atoms with Crippen molar-refractivity contribution in [2.75, 3.05) is 31.5 Å². The van der Waals surface area contributed by atoms with Crippen molar-refractivity contribution in [1.82, 2.24) is 15.4 Å². The predicted octanol–water partition coefficient (Wildman–Crippen LogP) is 1.03. The maximum Gasteiger partial charge on any atom is 0.240 e. The van der Waals surface area contributed by atoms with Crippen LogP contribution >= 0.6 is 0 Å². The third kappa shape index (κ3) is 3.54. The lowest BCUT2D eigenvalue weighted by Gasteiger charge is -2.37. The van der Waals surface area contributed by atoms with E-state index < -0.39 is 0 Å². The van der Waals surface area contributed by atoms with E-state index in [1.807, 2.05) is 13.8 Å². The summed E-state index contributed by atoms with van der Waals surface area (Å²) in [5.74, 6) is 0.666. The topological polar surface area (TPSA) is 70.4 Å². The summed E-state index contributed by atoms with van der Waals surface area (Å²) in [6, 6.07) is 2.25. The molecule has 1 saturated heterocycles. The molecule has 2 heterocycles. The molecule has 19 heavy (non-hydrogen) atoms. The third-order valence-electron chi connectivity index (χ3n) is 3.41. The van der Waals surface area contributed by atoms with Crippen LogP contribution in [-0.2, 0) is 4.79 Å². The number of nitrogens with zero attached hydrogens (tertiary/aromatic N) is 2. The van der Waals surface area contributed by atoms with E-state index in [1.54, 1.807) is 6.07 Å². The van der Waals surface area contributed by atoms with Crippen LogP contribution in [0, 0.1) is 0 Å². The molecule has 0 saturated carbocycles. The van der Waals surface area contributed by atoms with Crippen LogP contribution in [0.25, 0.3) is 0 Å². The average molecular weight is 266 g/mol. The molecule has 0 unspecified atom stereocenters. The first kappa shape index (κ1) is 14.0. The fraction of sp³-hybridized carbons (Fsp3) is 0.692. The van der Waals surface area contributed by atoms with Gasteiger partial charge in [0.25, 0.3) is 0 Å². The van der Waals surface area contributed by atoms with Gasteiger partial charge in [0.15, 0.2) is 0 Å². The lowest BCUT2D eigenvalue weighted by atomic mass is 10.1. The molecule has 0 aromatic carbocycles. The van der Waals surface area contributed by atoms with Crippen molar-refractivity contribution in [3.8, 4) is 0 Å². The summed E-state index contributed by atoms with van der Waals surface area (Å²) in [6.45, 7) is 9.31. The number of rotatable bonds is 6. The van der Waals surface area contributed by atoms with Gasteiger partial charge < -0.3 is 9.84 Å². The monoisotopic (exact) mass is 266 g/mol. The molecule has 0 bridgehead atoms. The maximum absolute atomic E-state index is 11.9. The molecule has 1 aliphatic heterocycles. The van der Waals surface area contributed by atoms with E-state index in [9.17, 15) is 4.79 Å². The van der Waals surface area contributed by atoms with Crippen molar-refractivity contribution >= 4 is 11.8 Å². The minimum atomic E-state index is -0.0554. The molecule has 1 fully saturated rings. The summed E-state index contributed by atoms with van der Waals surface area (Å²) in [6.07, 6.45) is 0. The molecule has 2 N–H and O–H groups in total. The van der Waals surface area contributed by atoms with E-state index in [2.05, 4.69) is 27.6 Å². The normalized spacial score (nSPS) is 15.8. The SMILES string of the molecule is CCN(CC(=O)Nc1cc(C(C)C)no1)C1CNC1. The Hall–Kier alpha value is -1.40. The first-order valence-electron chi connectivity index (χ1n) is 6.81. The van der Waals surface area contributed by atoms with Gasteiger partial charge in [0.05, 0.1) is 12.2 Å². The van der Waals surface area contributed by atoms with Crippen molar-refractivity contribution in [3.05, 3.63) is 11.8 Å². The highest BCUT2D eigenvalue weighted by atomic mass is 16.5. The van der Waals surface area contributed by atoms with Crippen LogP contribution in [0.1, 0.15) is 32.4 Å². The van der Waals surface area contributed by atoms with E-state index in [0.717, 1.165) is 25.3 Å². The molecule has 1 aliphatic rings. The molecule has 106 valence electrons. The van der Waals surface area contributed by atoms with Crippen molar-refractivity contribution < 1.29 is 9.32 Å². The Balaban J connectivity index is 1.85. The molecule has 1 amide bonds. The van der Waals surface area contributed by atoms with Crippen LogP contribution < -0.4 is 10.6 Å². The summed E-state index contributed by atoms with van der Waals surface area (Å²) in [5.41, 5.74) is 0.853. The average Bonchev–Trinajstić information content (AvgIpc) is 2.74. The highest BCUT2D eigenvalue weighted by molar-refractivity contribution is 5.91. The molecule has 1 aromatic heterocycles. The number of aromatic nitrogens is 1. The summed E-state index contributed by atoms with van der Waals surface area (Å²) in [5, 5.41) is 9.88. The first-order valence-corrected chi connectivity index (χ1v) is 6.81. The Morgan fingerprint density at radius 3 is 2.84 bits per heavy atom. The van der Waals surface area contributed by atoms with Gasteiger partial charge in [-0.3, -0.25) is 15.0 Å². The minimum Gasteiger partial charge on any atom is -0.338 e. The fourth-order valence-electron chi connectivity index (χ4n) is 2.01. The second-order valence-electron chi connectivity index (χ2n) is 5.19. The maximum atomic E-state index is 11.9. The third-order valence-corrected chi connectivity index (χ3v) is 3.41. The van der Waals surface area contributed by atoms with Crippen LogP contribution in [0.15, 0.2) is 10.6 Å². The van der Waals surface area contributed by atoms with E-state index in [1.165, 1.54) is 0 Å². The van der Waals surface area contributed by atoms with Gasteiger partial charge >= 0.3 is 0 Å². The molecule has 0 spiro atoms. The number of amides is 1. The Bertz CT molecular complexity index is 426. The summed E-state index contributed by atoms with van der Waals surface area (Å²) in [4.78, 5) is 14.1. The number of nitrogens with one attached hydrogen (secondary N) is 2. The van der Waals surface area contributed by atoms with E-state index in [0.29, 0.717) is 24.4 Å². The van der Waals surface area contributed by atoms with Crippen LogP contribution in [0.3, 0.4) is 0 Å². The summed E-state index contributed by atoms with van der Waals surface area (Å²) < 4.78 is 5.10. The number of anilines is 1. The van der Waals surface area contributed by atoms with Gasteiger partial charge in [0.2, 0.25) is 11.8 Å². The molecule has 0 atom stereocenters. The van der Waals surface area contributed by atoms with Crippen LogP contribution in [-0.4, -0.2) is 48.2 Å². The molecule has 2 rings (SSSR count). The van der Waals surface area contributed by atoms with E-state index >= 15 is 0 Å². The molecule has 6 nitrogen and oxygen atoms in total. The Labute approximate surface area is 113 Å². The summed E-state index contributed by atoms with van der Waals surface area (Å²) in [7, 11) is 0. The zero-order valence-corrected chi connectivity index (χ0v) is 11.8. The van der Waals surface area contributed by atoms with Gasteiger partial charge in [-0.2, -0.15) is 0 Å². The zero-order valence-electron chi connectivity index (χ0n) is 11.8. The van der Waals surface area contributed by atoms with Crippen molar-refractivity contribution in [3.63, 3.8) is 0 Å². The number of carbonyl (C=O) groups is 1. The molecular formula is C13H22N4O2. The minimum absolute atomic E-state index is 0.0554. The Kier molecular flexibility index (Phi) is 4.55. The number of carbonyl (C=O) groups excluding carboxylic acids is 1. The second kappa shape index (κ2) is 6.16. The number of hydrogen-bond donors (Lipinski definition) is 2. The molecule has 1 aromatic rings. The van der Waals surface area contributed by atoms with Crippen molar-refractivity contribution in [2.45, 2.75) is 32.7 Å².